The molecular weight excluding hydrogens is 881 g/mol. The van der Waals surface area contributed by atoms with Gasteiger partial charge in [-0.1, -0.05) is 95.0 Å². The predicted molar refractivity (Wildman–Crippen MR) is 244 cm³/mol. The third-order valence-electron chi connectivity index (χ3n) is 8.28. The zero-order valence-electron chi connectivity index (χ0n) is 31.5. The first-order valence-electron chi connectivity index (χ1n) is 17.8. The molecule has 0 fully saturated rings. The van der Waals surface area contributed by atoms with E-state index in [1.165, 1.54) is 16.0 Å². The van der Waals surface area contributed by atoms with E-state index in [9.17, 15) is 15.3 Å². The lowest BCUT2D eigenvalue weighted by Gasteiger charge is -2.11. The van der Waals surface area contributed by atoms with Gasteiger partial charge in [0.15, 0.2) is 17.2 Å². The number of aryl methyl sites for hydroxylation is 1. The molecule has 0 radical (unpaired) electrons. The van der Waals surface area contributed by atoms with Gasteiger partial charge in [-0.15, -0.1) is 11.3 Å². The first-order valence-corrected chi connectivity index (χ1v) is 20.6. The van der Waals surface area contributed by atoms with Gasteiger partial charge in [-0.05, 0) is 119 Å². The normalized spacial score (nSPS) is 10.3. The second kappa shape index (κ2) is 22.1. The number of para-hydroxylation sites is 3. The van der Waals surface area contributed by atoms with Crippen molar-refractivity contribution in [2.75, 3.05) is 23.1 Å². The van der Waals surface area contributed by atoms with Crippen LogP contribution in [0.4, 0.5) is 17.1 Å². The Hall–Kier alpha value is -5.23. The largest absolute Gasteiger partial charge is 0.504 e. The molecule has 0 saturated carbocycles. The fourth-order valence-corrected chi connectivity index (χ4v) is 7.27. The van der Waals surface area contributed by atoms with E-state index in [4.69, 9.17) is 44.3 Å². The Kier molecular flexibility index (Phi) is 16.7. The van der Waals surface area contributed by atoms with Gasteiger partial charge in [0.25, 0.3) is 0 Å². The number of rotatable bonds is 12. The van der Waals surface area contributed by atoms with Crippen LogP contribution in [-0.4, -0.2) is 22.4 Å². The molecule has 0 aliphatic carbocycles. The number of nitrogens with one attached hydrogen (secondary N) is 3. The first-order chi connectivity index (χ1) is 28.0. The van der Waals surface area contributed by atoms with Gasteiger partial charge in [-0.3, -0.25) is 0 Å². The van der Waals surface area contributed by atoms with Gasteiger partial charge in [0.2, 0.25) is 0 Å². The van der Waals surface area contributed by atoms with Crippen LogP contribution >= 0.6 is 62.1 Å². The van der Waals surface area contributed by atoms with Crippen LogP contribution in [0.2, 0.25) is 15.1 Å². The van der Waals surface area contributed by atoms with Crippen molar-refractivity contribution in [2.45, 2.75) is 26.6 Å². The summed E-state index contributed by atoms with van der Waals surface area (Å²) in [6, 6.07) is 43.1. The Morgan fingerprint density at radius 3 is 1.48 bits per heavy atom. The molecule has 0 aliphatic heterocycles. The van der Waals surface area contributed by atoms with Gasteiger partial charge in [-0.2, -0.15) is 0 Å². The Morgan fingerprint density at radius 2 is 1.00 bits per heavy atom. The molecule has 1 aromatic heterocycles. The second-order valence-corrected chi connectivity index (χ2v) is 16.4. The molecule has 8 nitrogen and oxygen atoms in total. The molecule has 0 spiro atoms. The van der Waals surface area contributed by atoms with Crippen LogP contribution in [0, 0.1) is 6.92 Å². The first kappa shape index (κ1) is 43.9. The van der Waals surface area contributed by atoms with Crippen LogP contribution in [0.25, 0.3) is 0 Å². The Bertz CT molecular complexity index is 2400. The number of phenols is 3. The minimum absolute atomic E-state index is 0.0507. The molecule has 300 valence electrons. The number of thiophene rings is 1. The Morgan fingerprint density at radius 1 is 0.534 bits per heavy atom. The van der Waals surface area contributed by atoms with Crippen molar-refractivity contribution in [3.8, 4) is 34.5 Å². The predicted octanol–water partition coefficient (Wildman–Crippen LogP) is 13.9. The summed E-state index contributed by atoms with van der Waals surface area (Å²) in [7, 11) is 1.63. The number of anilines is 3. The molecule has 6 aromatic carbocycles. The zero-order chi connectivity index (χ0) is 41.4. The van der Waals surface area contributed by atoms with Gasteiger partial charge in [0.1, 0.15) is 17.2 Å². The maximum Gasteiger partial charge on any atom is 0.157 e. The summed E-state index contributed by atoms with van der Waals surface area (Å²) in [5, 5.41) is 39.9. The van der Waals surface area contributed by atoms with E-state index >= 15 is 0 Å². The van der Waals surface area contributed by atoms with Crippen molar-refractivity contribution in [1.82, 2.24) is 0 Å². The maximum absolute atomic E-state index is 9.94. The fraction of sp³-hybridized carbons (Fsp3) is 0.111. The summed E-state index contributed by atoms with van der Waals surface area (Å²) in [6.07, 6.45) is 0. The van der Waals surface area contributed by atoms with Crippen LogP contribution in [0.5, 0.6) is 34.5 Å². The number of benzene rings is 6. The minimum atomic E-state index is 0.0507. The van der Waals surface area contributed by atoms with E-state index in [0.717, 1.165) is 26.6 Å². The summed E-state index contributed by atoms with van der Waals surface area (Å²) >= 11 is 22.6. The molecule has 0 atom stereocenters. The topological polar surface area (TPSA) is 115 Å². The van der Waals surface area contributed by atoms with Crippen molar-refractivity contribution < 1.29 is 24.8 Å². The quantitative estimate of drug-likeness (QED) is 0.0672. The highest BCUT2D eigenvalue weighted by atomic mass is 79.9. The summed E-state index contributed by atoms with van der Waals surface area (Å²) < 4.78 is 12.1. The standard InChI is InChI=1S/C20H18ClNO3.C14H14ClNO.C11H9BrClNOS/c1-24-15-8-10-16(11-9-15)25-17-5-2-4-14(12-17)13-22-19-7-3-6-18(21)20(19)23;1-10-4-2-5-11(8-10)9-16-13-7-3-6-12(15)14(13)17;12-10-5-4-7(16-10)6-14-9-3-1-2-8(13)11(9)15/h2-12,22-23H,13H2,1H3;2-8,16-17H,9H2,1H3;1-5,14-15H,6H2. The molecular formula is C45H41BrCl3N3O5S. The molecule has 13 heteroatoms. The molecule has 7 rings (SSSR count). The Balaban J connectivity index is 0.000000172. The number of aromatic hydroxyl groups is 3. The average Bonchev–Trinajstić information content (AvgIpc) is 3.65. The third kappa shape index (κ3) is 13.4. The number of phenolic OH excluding ortho intramolecular Hbond substituents is 3. The molecule has 0 aliphatic rings. The van der Waals surface area contributed by atoms with Crippen molar-refractivity contribution in [3.63, 3.8) is 0 Å². The number of halogens is 4. The van der Waals surface area contributed by atoms with Crippen LogP contribution < -0.4 is 25.4 Å². The van der Waals surface area contributed by atoms with Gasteiger partial charge < -0.3 is 40.7 Å². The van der Waals surface area contributed by atoms with E-state index in [2.05, 4.69) is 50.9 Å². The summed E-state index contributed by atoms with van der Waals surface area (Å²) in [5.41, 5.74) is 5.30. The minimum Gasteiger partial charge on any atom is -0.504 e. The van der Waals surface area contributed by atoms with Crippen molar-refractivity contribution >= 4 is 79.1 Å². The molecule has 0 bridgehead atoms. The Labute approximate surface area is 365 Å². The number of hydrogen-bond donors (Lipinski definition) is 6. The summed E-state index contributed by atoms with van der Waals surface area (Å²) in [5.74, 6) is 2.50. The summed E-state index contributed by atoms with van der Waals surface area (Å²) in [6.45, 7) is 3.92. The van der Waals surface area contributed by atoms with Gasteiger partial charge in [-0.25, -0.2) is 0 Å². The van der Waals surface area contributed by atoms with E-state index < -0.39 is 0 Å². The molecule has 6 N–H and O–H groups in total. The number of ether oxygens (including phenoxy) is 2. The van der Waals surface area contributed by atoms with E-state index in [1.807, 2.05) is 72.8 Å². The van der Waals surface area contributed by atoms with Crippen LogP contribution in [0.1, 0.15) is 21.6 Å². The second-order valence-electron chi connectivity index (χ2n) is 12.6. The highest BCUT2D eigenvalue weighted by Crippen LogP contribution is 2.34. The van der Waals surface area contributed by atoms with Crippen LogP contribution in [-0.2, 0) is 19.6 Å². The zero-order valence-corrected chi connectivity index (χ0v) is 36.1. The lowest BCUT2D eigenvalue weighted by atomic mass is 10.1. The molecule has 0 amide bonds. The molecule has 0 saturated heterocycles. The van der Waals surface area contributed by atoms with E-state index in [0.29, 0.717) is 51.8 Å². The highest BCUT2D eigenvalue weighted by Gasteiger charge is 2.08. The lowest BCUT2D eigenvalue weighted by Crippen LogP contribution is -2.00. The molecule has 0 unspecified atom stereocenters. The van der Waals surface area contributed by atoms with Crippen molar-refractivity contribution in [2.24, 2.45) is 0 Å². The molecule has 58 heavy (non-hydrogen) atoms. The maximum atomic E-state index is 9.94. The number of methoxy groups -OCH3 is 1. The van der Waals surface area contributed by atoms with Gasteiger partial charge >= 0.3 is 0 Å². The summed E-state index contributed by atoms with van der Waals surface area (Å²) in [4.78, 5) is 1.19. The molecule has 7 aromatic rings. The van der Waals surface area contributed by atoms with E-state index in [1.54, 1.807) is 73.0 Å². The van der Waals surface area contributed by atoms with Gasteiger partial charge in [0, 0.05) is 24.5 Å². The SMILES string of the molecule is COc1ccc(Oc2cccc(CNc3cccc(Cl)c3O)c2)cc1.Cc1cccc(CNc2cccc(Cl)c2O)c1.Oc1c(Cl)cccc1NCc1ccc(Br)s1. The molecule has 1 heterocycles. The lowest BCUT2D eigenvalue weighted by molar-refractivity contribution is 0.413. The number of hydrogen-bond acceptors (Lipinski definition) is 9. The highest BCUT2D eigenvalue weighted by molar-refractivity contribution is 9.11. The average molecular weight is 922 g/mol. The third-order valence-corrected chi connectivity index (χ3v) is 10.8. The fourth-order valence-electron chi connectivity index (χ4n) is 5.32. The monoisotopic (exact) mass is 919 g/mol. The van der Waals surface area contributed by atoms with Crippen molar-refractivity contribution in [1.29, 1.82) is 0 Å². The van der Waals surface area contributed by atoms with E-state index in [-0.39, 0.29) is 17.2 Å². The van der Waals surface area contributed by atoms with Crippen molar-refractivity contribution in [3.05, 3.63) is 180 Å². The van der Waals surface area contributed by atoms with Crippen LogP contribution in [0.15, 0.2) is 143 Å². The smallest absolute Gasteiger partial charge is 0.157 e. The van der Waals surface area contributed by atoms with Crippen LogP contribution in [0.3, 0.4) is 0 Å². The van der Waals surface area contributed by atoms with Gasteiger partial charge in [0.05, 0.1) is 43.0 Å².